The average Bonchev–Trinajstić information content (AvgIpc) is 3.59. The molecule has 2 aliphatic heterocycles. The molecule has 0 aromatic heterocycles. The highest BCUT2D eigenvalue weighted by atomic mass is 16.5. The maximum Gasteiger partial charge on any atom is 0.303 e. The Morgan fingerprint density at radius 3 is 2.46 bits per heavy atom. The highest BCUT2D eigenvalue weighted by Gasteiger charge is 2.56. The summed E-state index contributed by atoms with van der Waals surface area (Å²) in [6.07, 6.45) is 5.81. The summed E-state index contributed by atoms with van der Waals surface area (Å²) in [6, 6.07) is 21.8. The topological polar surface area (TPSA) is 113 Å². The van der Waals surface area contributed by atoms with Crippen molar-refractivity contribution in [3.05, 3.63) is 89.0 Å². The normalized spacial score (nSPS) is 22.9. The number of allylic oxidation sites excluding steroid dienone is 1. The summed E-state index contributed by atoms with van der Waals surface area (Å²) >= 11 is 0. The van der Waals surface area contributed by atoms with E-state index in [0.717, 1.165) is 45.0 Å². The van der Waals surface area contributed by atoms with Gasteiger partial charge in [0.05, 0.1) is 31.2 Å². The second-order valence-electron chi connectivity index (χ2n) is 12.6. The number of aromatic hydroxyl groups is 1. The van der Waals surface area contributed by atoms with Gasteiger partial charge < -0.3 is 19.7 Å². The minimum atomic E-state index is -0.834. The van der Waals surface area contributed by atoms with Gasteiger partial charge in [0, 0.05) is 31.4 Å². The first-order chi connectivity index (χ1) is 22.4. The predicted molar refractivity (Wildman–Crippen MR) is 176 cm³/mol. The van der Waals surface area contributed by atoms with E-state index >= 15 is 0 Å². The molecule has 6 rings (SSSR count). The maximum atomic E-state index is 13.7. The molecule has 0 radical (unpaired) electrons. The number of phenolic OH excluding ortho intramolecular Hbond substituents is 1. The van der Waals surface area contributed by atoms with Crippen LogP contribution in [0.4, 0.5) is 0 Å². The van der Waals surface area contributed by atoms with E-state index in [2.05, 4.69) is 18.2 Å². The minimum absolute atomic E-state index is 0.0916. The summed E-state index contributed by atoms with van der Waals surface area (Å²) in [5.74, 6) is -1.83. The van der Waals surface area contributed by atoms with Gasteiger partial charge in [0.25, 0.3) is 0 Å². The second kappa shape index (κ2) is 14.0. The lowest BCUT2D eigenvalue weighted by Gasteiger charge is -2.31. The van der Waals surface area contributed by atoms with Crippen LogP contribution < -0.4 is 0 Å². The summed E-state index contributed by atoms with van der Waals surface area (Å²) in [7, 11) is 1.66. The largest absolute Gasteiger partial charge is 0.507 e. The van der Waals surface area contributed by atoms with Crippen LogP contribution in [0.5, 0.6) is 5.75 Å². The Morgan fingerprint density at radius 1 is 0.935 bits per heavy atom. The summed E-state index contributed by atoms with van der Waals surface area (Å²) in [4.78, 5) is 39.4. The number of hydrogen-bond donors (Lipinski definition) is 2. The quantitative estimate of drug-likeness (QED) is 0.0971. The molecule has 2 N–H and O–H groups in total. The van der Waals surface area contributed by atoms with Gasteiger partial charge in [-0.15, -0.1) is 0 Å². The number of aliphatic carboxylic acids is 1. The Labute approximate surface area is 269 Å². The zero-order valence-electron chi connectivity index (χ0n) is 26.2. The number of carboxylic acid groups (broad SMARTS) is 1. The SMILES string of the molecule is COCC1=C2[C@@H](CC/C(=C/c3ccc(O)c4ccccc34)c3ccccc3)OC[C@@H]2[C@@H]2C(=O)N(CCCCCC(=O)O)C(=O)[C@@H]2C1. The maximum absolute atomic E-state index is 13.7. The van der Waals surface area contributed by atoms with Gasteiger partial charge in [-0.3, -0.25) is 19.3 Å². The number of likely N-dealkylation sites (tertiary alicyclic amines) is 1. The number of imide groups is 1. The van der Waals surface area contributed by atoms with Crippen molar-refractivity contribution in [2.24, 2.45) is 17.8 Å². The van der Waals surface area contributed by atoms with E-state index in [9.17, 15) is 19.5 Å². The Balaban J connectivity index is 1.23. The van der Waals surface area contributed by atoms with E-state index in [-0.39, 0.29) is 36.0 Å². The van der Waals surface area contributed by atoms with Gasteiger partial charge in [-0.05, 0) is 71.4 Å². The monoisotopic (exact) mass is 623 g/mol. The van der Waals surface area contributed by atoms with Crippen LogP contribution in [0.15, 0.2) is 77.9 Å². The second-order valence-corrected chi connectivity index (χ2v) is 12.6. The third-order valence-corrected chi connectivity index (χ3v) is 9.78. The summed E-state index contributed by atoms with van der Waals surface area (Å²) in [6.45, 7) is 1.12. The van der Waals surface area contributed by atoms with E-state index < -0.39 is 17.8 Å². The van der Waals surface area contributed by atoms with Crippen LogP contribution in [-0.2, 0) is 23.9 Å². The van der Waals surface area contributed by atoms with Crippen LogP contribution >= 0.6 is 0 Å². The molecule has 8 heteroatoms. The summed E-state index contributed by atoms with van der Waals surface area (Å²) in [5, 5.41) is 21.1. The van der Waals surface area contributed by atoms with Crippen molar-refractivity contribution in [3.63, 3.8) is 0 Å². The Hall–Kier alpha value is -4.27. The number of carbonyl (C=O) groups excluding carboxylic acids is 2. The van der Waals surface area contributed by atoms with Gasteiger partial charge in [-0.1, -0.05) is 73.2 Å². The number of unbranched alkanes of at least 4 members (excludes halogenated alkanes) is 2. The zero-order chi connectivity index (χ0) is 32.2. The number of nitrogens with zero attached hydrogens (tertiary/aromatic N) is 1. The fraction of sp³-hybridized carbons (Fsp3) is 0.395. The molecule has 2 saturated heterocycles. The van der Waals surface area contributed by atoms with Crippen molar-refractivity contribution in [2.75, 3.05) is 26.9 Å². The van der Waals surface area contributed by atoms with Crippen LogP contribution in [0.25, 0.3) is 22.4 Å². The molecular weight excluding hydrogens is 582 g/mol. The molecule has 1 aliphatic carbocycles. The van der Waals surface area contributed by atoms with Crippen molar-refractivity contribution in [1.29, 1.82) is 0 Å². The molecule has 0 saturated carbocycles. The molecule has 0 unspecified atom stereocenters. The van der Waals surface area contributed by atoms with Crippen molar-refractivity contribution >= 4 is 40.2 Å². The number of benzene rings is 3. The standard InChI is InChI=1S/C38H41NO7/c1-45-22-27-21-30-36(38(44)39(37(30)43)19-9-3-6-14-34(41)42)31-23-46-33(35(27)31)18-16-25(24-10-4-2-5-11-24)20-26-15-17-32(40)29-13-8-7-12-28(26)29/h2,4-5,7-8,10-13,15,17,20,30-31,33,36,40H,3,6,9,14,16,18-19,21-23H2,1H3,(H,41,42)/b25-20-/t30-,31+,33-,36-/m1/s1. The molecule has 240 valence electrons. The molecule has 8 nitrogen and oxygen atoms in total. The molecule has 0 spiro atoms. The van der Waals surface area contributed by atoms with E-state index in [4.69, 9.17) is 14.6 Å². The summed E-state index contributed by atoms with van der Waals surface area (Å²) < 4.78 is 12.1. The molecule has 3 aromatic carbocycles. The number of phenols is 1. The van der Waals surface area contributed by atoms with E-state index in [1.54, 1.807) is 13.2 Å². The molecule has 2 amide bonds. The number of fused-ring (bicyclic) bond motifs is 4. The van der Waals surface area contributed by atoms with E-state index in [0.29, 0.717) is 51.9 Å². The summed E-state index contributed by atoms with van der Waals surface area (Å²) in [5.41, 5.74) is 5.47. The minimum Gasteiger partial charge on any atom is -0.507 e. The first-order valence-electron chi connectivity index (χ1n) is 16.2. The lowest BCUT2D eigenvalue weighted by molar-refractivity contribution is -0.141. The fourth-order valence-electron chi connectivity index (χ4n) is 7.65. The first kappa shape index (κ1) is 31.7. The molecule has 46 heavy (non-hydrogen) atoms. The number of hydrogen-bond acceptors (Lipinski definition) is 6. The highest BCUT2D eigenvalue weighted by Crippen LogP contribution is 2.50. The molecule has 2 fully saturated rings. The van der Waals surface area contributed by atoms with Crippen LogP contribution in [0.2, 0.25) is 0 Å². The molecule has 3 aromatic rings. The number of carbonyl (C=O) groups is 3. The molecule has 4 atom stereocenters. The van der Waals surface area contributed by atoms with Gasteiger partial charge in [-0.2, -0.15) is 0 Å². The van der Waals surface area contributed by atoms with Crippen molar-refractivity contribution in [1.82, 2.24) is 4.90 Å². The number of carboxylic acids is 1. The van der Waals surface area contributed by atoms with Crippen LogP contribution in [0.1, 0.15) is 56.1 Å². The van der Waals surface area contributed by atoms with Crippen LogP contribution in [-0.4, -0.2) is 65.9 Å². The molecular formula is C38H41NO7. The average molecular weight is 624 g/mol. The molecule has 0 bridgehead atoms. The van der Waals surface area contributed by atoms with Crippen LogP contribution in [0.3, 0.4) is 0 Å². The number of amides is 2. The van der Waals surface area contributed by atoms with Gasteiger partial charge >= 0.3 is 5.97 Å². The van der Waals surface area contributed by atoms with Gasteiger partial charge in [0.1, 0.15) is 5.75 Å². The third-order valence-electron chi connectivity index (χ3n) is 9.78. The van der Waals surface area contributed by atoms with Crippen molar-refractivity contribution < 1.29 is 34.1 Å². The Bertz CT molecular complexity index is 1680. The third kappa shape index (κ3) is 6.37. The van der Waals surface area contributed by atoms with Gasteiger partial charge in [-0.25, -0.2) is 0 Å². The zero-order valence-corrected chi connectivity index (χ0v) is 26.2. The molecule has 2 heterocycles. The van der Waals surface area contributed by atoms with Crippen molar-refractivity contribution in [2.45, 2.75) is 51.0 Å². The van der Waals surface area contributed by atoms with Crippen LogP contribution in [0, 0.1) is 17.8 Å². The van der Waals surface area contributed by atoms with Gasteiger partial charge in [0.2, 0.25) is 11.8 Å². The molecule has 3 aliphatic rings. The van der Waals surface area contributed by atoms with Gasteiger partial charge in [0.15, 0.2) is 0 Å². The fourth-order valence-corrected chi connectivity index (χ4v) is 7.65. The number of methoxy groups -OCH3 is 1. The first-order valence-corrected chi connectivity index (χ1v) is 16.2. The Kier molecular flexibility index (Phi) is 9.66. The lowest BCUT2D eigenvalue weighted by atomic mass is 9.69. The van der Waals surface area contributed by atoms with Crippen molar-refractivity contribution in [3.8, 4) is 5.75 Å². The predicted octanol–water partition coefficient (Wildman–Crippen LogP) is 6.47. The van der Waals surface area contributed by atoms with E-state index in [1.807, 2.05) is 48.5 Å². The number of rotatable bonds is 13. The Morgan fingerprint density at radius 2 is 1.70 bits per heavy atom. The van der Waals surface area contributed by atoms with E-state index in [1.165, 1.54) is 4.90 Å². The lowest BCUT2D eigenvalue weighted by Crippen LogP contribution is -2.35. The smallest absolute Gasteiger partial charge is 0.303 e. The number of ether oxygens (including phenoxy) is 2. The highest BCUT2D eigenvalue weighted by molar-refractivity contribution is 6.06.